The zero-order valence-corrected chi connectivity index (χ0v) is 14.5. The van der Waals surface area contributed by atoms with E-state index in [1.807, 2.05) is 36.4 Å². The maximum atomic E-state index is 6.00. The van der Waals surface area contributed by atoms with Crippen LogP contribution >= 0.6 is 23.4 Å². The van der Waals surface area contributed by atoms with E-state index in [0.29, 0.717) is 11.1 Å². The van der Waals surface area contributed by atoms with Crippen LogP contribution in [0, 0.1) is 0 Å². The van der Waals surface area contributed by atoms with E-state index in [2.05, 4.69) is 31.0 Å². The first-order chi connectivity index (χ1) is 10.6. The molecule has 0 aliphatic heterocycles. The third-order valence-corrected chi connectivity index (χ3v) is 4.69. The molecule has 2 aromatic carbocycles. The molecule has 0 saturated heterocycles. The van der Waals surface area contributed by atoms with Gasteiger partial charge >= 0.3 is 0 Å². The molecular weight excluding hydrogens is 312 g/mol. The standard InChI is InChI=1S/C18H21ClN2S/c1-3-13(2)15-7-9-17(10-8-15)21-18(20)22-12-14-5-4-6-16(19)11-14/h4-11,13H,3,12H2,1-2H3,(H2,20,21)/t13-/m0/s1. The van der Waals surface area contributed by atoms with Crippen LogP contribution in [0.5, 0.6) is 0 Å². The molecular formula is C18H21ClN2S. The Morgan fingerprint density at radius 2 is 1.95 bits per heavy atom. The lowest BCUT2D eigenvalue weighted by Gasteiger charge is -2.08. The Labute approximate surface area is 141 Å². The minimum absolute atomic E-state index is 0.566. The summed E-state index contributed by atoms with van der Waals surface area (Å²) in [6.45, 7) is 4.43. The van der Waals surface area contributed by atoms with Gasteiger partial charge in [0.05, 0.1) is 5.69 Å². The van der Waals surface area contributed by atoms with Crippen LogP contribution < -0.4 is 5.73 Å². The fourth-order valence-corrected chi connectivity index (χ4v) is 2.93. The number of thioether (sulfide) groups is 1. The Balaban J connectivity index is 1.96. The summed E-state index contributed by atoms with van der Waals surface area (Å²) in [6, 6.07) is 16.1. The molecule has 0 heterocycles. The average Bonchev–Trinajstić information content (AvgIpc) is 2.53. The van der Waals surface area contributed by atoms with Crippen molar-refractivity contribution < 1.29 is 0 Å². The monoisotopic (exact) mass is 332 g/mol. The first-order valence-corrected chi connectivity index (χ1v) is 8.76. The molecule has 0 bridgehead atoms. The molecule has 0 spiro atoms. The van der Waals surface area contributed by atoms with Crippen molar-refractivity contribution in [1.29, 1.82) is 0 Å². The molecule has 0 amide bonds. The summed E-state index contributed by atoms with van der Waals surface area (Å²) in [5.74, 6) is 1.34. The first-order valence-electron chi connectivity index (χ1n) is 7.40. The summed E-state index contributed by atoms with van der Waals surface area (Å²) >= 11 is 7.49. The summed E-state index contributed by atoms with van der Waals surface area (Å²) in [4.78, 5) is 4.45. The summed E-state index contributed by atoms with van der Waals surface area (Å²) in [7, 11) is 0. The van der Waals surface area contributed by atoms with Crippen molar-refractivity contribution in [3.05, 3.63) is 64.7 Å². The topological polar surface area (TPSA) is 38.4 Å². The lowest BCUT2D eigenvalue weighted by atomic mass is 9.99. The Morgan fingerprint density at radius 3 is 2.59 bits per heavy atom. The van der Waals surface area contributed by atoms with Crippen molar-refractivity contribution in [3.63, 3.8) is 0 Å². The molecule has 22 heavy (non-hydrogen) atoms. The minimum atomic E-state index is 0.566. The van der Waals surface area contributed by atoms with E-state index in [4.69, 9.17) is 17.3 Å². The van der Waals surface area contributed by atoms with Crippen LogP contribution in [0.1, 0.15) is 37.3 Å². The second-order valence-corrected chi connectivity index (χ2v) is 6.70. The molecule has 116 valence electrons. The number of rotatable bonds is 5. The van der Waals surface area contributed by atoms with Gasteiger partial charge in [-0.05, 0) is 47.7 Å². The third kappa shape index (κ3) is 5.08. The van der Waals surface area contributed by atoms with E-state index in [0.717, 1.165) is 28.4 Å². The number of hydrogen-bond acceptors (Lipinski definition) is 2. The molecule has 0 radical (unpaired) electrons. The van der Waals surface area contributed by atoms with Crippen LogP contribution in [-0.4, -0.2) is 5.17 Å². The van der Waals surface area contributed by atoms with Crippen LogP contribution in [0.15, 0.2) is 53.5 Å². The van der Waals surface area contributed by atoms with Gasteiger partial charge in [0.25, 0.3) is 0 Å². The Kier molecular flexibility index (Phi) is 6.34. The lowest BCUT2D eigenvalue weighted by Crippen LogP contribution is -2.06. The van der Waals surface area contributed by atoms with E-state index in [-0.39, 0.29) is 0 Å². The summed E-state index contributed by atoms with van der Waals surface area (Å²) in [5, 5.41) is 1.31. The van der Waals surface area contributed by atoms with E-state index >= 15 is 0 Å². The summed E-state index contributed by atoms with van der Waals surface area (Å²) in [5.41, 5.74) is 9.37. The molecule has 0 saturated carbocycles. The van der Waals surface area contributed by atoms with Crippen LogP contribution in [0.4, 0.5) is 5.69 Å². The molecule has 0 fully saturated rings. The van der Waals surface area contributed by atoms with Crippen LogP contribution in [-0.2, 0) is 5.75 Å². The number of aliphatic imine (C=N–C) groups is 1. The number of benzene rings is 2. The molecule has 2 nitrogen and oxygen atoms in total. The SMILES string of the molecule is CC[C@H](C)c1ccc(N=C(N)SCc2cccc(Cl)c2)cc1. The van der Waals surface area contributed by atoms with Crippen molar-refractivity contribution in [2.24, 2.45) is 10.7 Å². The molecule has 2 aromatic rings. The van der Waals surface area contributed by atoms with Gasteiger partial charge in [0, 0.05) is 10.8 Å². The zero-order valence-electron chi connectivity index (χ0n) is 12.9. The van der Waals surface area contributed by atoms with E-state index in [9.17, 15) is 0 Å². The van der Waals surface area contributed by atoms with Gasteiger partial charge in [-0.1, -0.05) is 61.5 Å². The lowest BCUT2D eigenvalue weighted by molar-refractivity contribution is 0.734. The Bertz CT molecular complexity index is 638. The van der Waals surface area contributed by atoms with Crippen molar-refractivity contribution in [2.45, 2.75) is 31.9 Å². The number of nitrogens with zero attached hydrogens (tertiary/aromatic N) is 1. The predicted molar refractivity (Wildman–Crippen MR) is 99.2 cm³/mol. The third-order valence-electron chi connectivity index (χ3n) is 3.59. The molecule has 2 N–H and O–H groups in total. The smallest absolute Gasteiger partial charge is 0.159 e. The zero-order chi connectivity index (χ0) is 15.9. The largest absolute Gasteiger partial charge is 0.378 e. The second-order valence-electron chi connectivity index (χ2n) is 5.27. The minimum Gasteiger partial charge on any atom is -0.378 e. The fourth-order valence-electron chi connectivity index (χ4n) is 2.06. The van der Waals surface area contributed by atoms with Crippen LogP contribution in [0.3, 0.4) is 0 Å². The highest BCUT2D eigenvalue weighted by molar-refractivity contribution is 8.13. The van der Waals surface area contributed by atoms with E-state index in [1.54, 1.807) is 0 Å². The number of halogens is 1. The Morgan fingerprint density at radius 1 is 1.23 bits per heavy atom. The highest BCUT2D eigenvalue weighted by Gasteiger charge is 2.03. The van der Waals surface area contributed by atoms with Crippen LogP contribution in [0.25, 0.3) is 0 Å². The molecule has 1 atom stereocenters. The van der Waals surface area contributed by atoms with Crippen LogP contribution in [0.2, 0.25) is 5.02 Å². The van der Waals surface area contributed by atoms with Gasteiger partial charge in [0.1, 0.15) is 0 Å². The number of hydrogen-bond donors (Lipinski definition) is 1. The molecule has 0 aromatic heterocycles. The summed E-state index contributed by atoms with van der Waals surface area (Å²) < 4.78 is 0. The van der Waals surface area contributed by atoms with Crippen molar-refractivity contribution in [2.75, 3.05) is 0 Å². The maximum Gasteiger partial charge on any atom is 0.159 e. The van der Waals surface area contributed by atoms with Gasteiger partial charge in [0.2, 0.25) is 0 Å². The number of nitrogens with two attached hydrogens (primary N) is 1. The quantitative estimate of drug-likeness (QED) is 0.560. The van der Waals surface area contributed by atoms with Gasteiger partial charge in [-0.15, -0.1) is 0 Å². The highest BCUT2D eigenvalue weighted by atomic mass is 35.5. The van der Waals surface area contributed by atoms with Crippen molar-refractivity contribution >= 4 is 34.2 Å². The normalized spacial score (nSPS) is 13.1. The van der Waals surface area contributed by atoms with Gasteiger partial charge in [-0.2, -0.15) is 0 Å². The van der Waals surface area contributed by atoms with Gasteiger partial charge in [0.15, 0.2) is 5.17 Å². The number of amidine groups is 1. The van der Waals surface area contributed by atoms with Crippen molar-refractivity contribution in [1.82, 2.24) is 0 Å². The van der Waals surface area contributed by atoms with E-state index < -0.39 is 0 Å². The van der Waals surface area contributed by atoms with Gasteiger partial charge in [-0.25, -0.2) is 4.99 Å². The van der Waals surface area contributed by atoms with Crippen molar-refractivity contribution in [3.8, 4) is 0 Å². The molecule has 0 aliphatic carbocycles. The van der Waals surface area contributed by atoms with Gasteiger partial charge in [-0.3, -0.25) is 0 Å². The summed E-state index contributed by atoms with van der Waals surface area (Å²) in [6.07, 6.45) is 1.14. The highest BCUT2D eigenvalue weighted by Crippen LogP contribution is 2.23. The second kappa shape index (κ2) is 8.25. The first kappa shape index (κ1) is 16.9. The average molecular weight is 333 g/mol. The Hall–Kier alpha value is -1.45. The van der Waals surface area contributed by atoms with Gasteiger partial charge < -0.3 is 5.73 Å². The fraction of sp³-hybridized carbons (Fsp3) is 0.278. The molecule has 0 unspecified atom stereocenters. The molecule has 2 rings (SSSR count). The molecule has 0 aliphatic rings. The maximum absolute atomic E-state index is 6.00. The predicted octanol–water partition coefficient (Wildman–Crippen LogP) is 5.73. The molecule has 4 heteroatoms. The van der Waals surface area contributed by atoms with E-state index in [1.165, 1.54) is 17.3 Å².